The van der Waals surface area contributed by atoms with Crippen molar-refractivity contribution in [3.05, 3.63) is 65.2 Å². The number of nitrogens with zero attached hydrogens (tertiary/aromatic N) is 1. The van der Waals surface area contributed by atoms with E-state index in [-0.39, 0.29) is 24.3 Å². The number of rotatable bonds is 4. The normalized spacial score (nSPS) is 21.7. The number of benzene rings is 2. The molecule has 0 aromatic heterocycles. The minimum Gasteiger partial charge on any atom is -0.326 e. The molecule has 8 heteroatoms. The number of carbonyl (C=O) groups excluding carboxylic acids is 2. The third-order valence-electron chi connectivity index (χ3n) is 5.35. The minimum absolute atomic E-state index is 0.221. The fourth-order valence-corrected chi connectivity index (χ4v) is 4.77. The number of sulfonamides is 1. The summed E-state index contributed by atoms with van der Waals surface area (Å²) in [5.74, 6) is -0.518. The Morgan fingerprint density at radius 2 is 1.80 bits per heavy atom. The van der Waals surface area contributed by atoms with Crippen molar-refractivity contribution in [2.24, 2.45) is 0 Å². The highest BCUT2D eigenvalue weighted by atomic mass is 32.2. The van der Waals surface area contributed by atoms with Crippen molar-refractivity contribution in [2.45, 2.75) is 24.9 Å². The molecule has 2 heterocycles. The molecule has 7 nitrogen and oxygen atoms in total. The summed E-state index contributed by atoms with van der Waals surface area (Å²) >= 11 is 0. The summed E-state index contributed by atoms with van der Waals surface area (Å²) in [7, 11) is -3.38. The fraction of sp³-hybridized carbons (Fsp3) is 0.273. The molecule has 2 aliphatic rings. The van der Waals surface area contributed by atoms with Gasteiger partial charge >= 0.3 is 0 Å². The first-order chi connectivity index (χ1) is 14.3. The Bertz CT molecular complexity index is 1110. The van der Waals surface area contributed by atoms with E-state index < -0.39 is 16.1 Å². The quantitative estimate of drug-likeness (QED) is 0.735. The van der Waals surface area contributed by atoms with Crippen LogP contribution in [0.25, 0.3) is 12.2 Å². The van der Waals surface area contributed by atoms with Crippen LogP contribution in [0.3, 0.4) is 0 Å². The van der Waals surface area contributed by atoms with Crippen molar-refractivity contribution >= 4 is 39.7 Å². The maximum absolute atomic E-state index is 13.2. The molecule has 1 fully saturated rings. The summed E-state index contributed by atoms with van der Waals surface area (Å²) in [6.45, 7) is 0.313. The maximum atomic E-state index is 13.2. The van der Waals surface area contributed by atoms with Crippen molar-refractivity contribution in [3.63, 3.8) is 0 Å². The lowest BCUT2D eigenvalue weighted by molar-refractivity contribution is -0.121. The molecular formula is C22H23N3O4S. The van der Waals surface area contributed by atoms with Crippen LogP contribution in [0.5, 0.6) is 0 Å². The third kappa shape index (κ3) is 4.44. The largest absolute Gasteiger partial charge is 0.326 e. The van der Waals surface area contributed by atoms with Gasteiger partial charge in [0.1, 0.15) is 6.04 Å². The van der Waals surface area contributed by atoms with E-state index in [1.165, 1.54) is 0 Å². The molecule has 0 bridgehead atoms. The number of amides is 2. The molecule has 2 aliphatic heterocycles. The zero-order valence-corrected chi connectivity index (χ0v) is 17.4. The molecule has 1 saturated heterocycles. The molecule has 0 spiro atoms. The predicted octanol–water partition coefficient (Wildman–Crippen LogP) is 2.33. The lowest BCUT2D eigenvalue weighted by Gasteiger charge is -2.37. The number of hydrogen-bond acceptors (Lipinski definition) is 4. The van der Waals surface area contributed by atoms with E-state index in [0.29, 0.717) is 24.2 Å². The lowest BCUT2D eigenvalue weighted by atomic mass is 9.97. The van der Waals surface area contributed by atoms with Crippen molar-refractivity contribution < 1.29 is 18.0 Å². The molecule has 2 aromatic rings. The van der Waals surface area contributed by atoms with Gasteiger partial charge in [-0.25, -0.2) is 13.1 Å². The van der Waals surface area contributed by atoms with Gasteiger partial charge in [0.2, 0.25) is 15.9 Å². The highest BCUT2D eigenvalue weighted by molar-refractivity contribution is 7.88. The molecular weight excluding hydrogens is 402 g/mol. The van der Waals surface area contributed by atoms with Crippen molar-refractivity contribution in [1.82, 2.24) is 9.62 Å². The number of nitrogens with one attached hydrogen (secondary N) is 2. The Labute approximate surface area is 175 Å². The molecule has 2 unspecified atom stereocenters. The maximum Gasteiger partial charge on any atom is 0.256 e. The summed E-state index contributed by atoms with van der Waals surface area (Å²) in [6.07, 6.45) is 5.70. The van der Waals surface area contributed by atoms with Crippen molar-refractivity contribution in [3.8, 4) is 0 Å². The zero-order chi connectivity index (χ0) is 21.3. The van der Waals surface area contributed by atoms with Crippen LogP contribution in [-0.4, -0.2) is 50.0 Å². The topological polar surface area (TPSA) is 95.6 Å². The van der Waals surface area contributed by atoms with Gasteiger partial charge in [-0.1, -0.05) is 48.6 Å². The fourth-order valence-electron chi connectivity index (χ4n) is 3.95. The van der Waals surface area contributed by atoms with Gasteiger partial charge < -0.3 is 10.2 Å². The van der Waals surface area contributed by atoms with Crippen LogP contribution in [0.15, 0.2) is 48.5 Å². The van der Waals surface area contributed by atoms with E-state index in [9.17, 15) is 18.0 Å². The first-order valence-electron chi connectivity index (χ1n) is 9.76. The SMILES string of the molecule is CS(=O)(=O)NC1CCN2C(=O)c3cc(C=Cc4ccccc4)ccc3NC(=O)C2C1. The van der Waals surface area contributed by atoms with Crippen molar-refractivity contribution in [2.75, 3.05) is 18.1 Å². The van der Waals surface area contributed by atoms with Gasteiger partial charge in [-0.2, -0.15) is 0 Å². The van der Waals surface area contributed by atoms with Crippen LogP contribution in [0.1, 0.15) is 34.3 Å². The monoisotopic (exact) mass is 425 g/mol. The van der Waals surface area contributed by atoms with Crippen LogP contribution in [0.4, 0.5) is 5.69 Å². The second-order valence-corrected chi connectivity index (χ2v) is 9.44. The number of anilines is 1. The first kappa shape index (κ1) is 20.3. The molecule has 0 radical (unpaired) electrons. The number of hydrogen-bond donors (Lipinski definition) is 2. The van der Waals surface area contributed by atoms with E-state index in [0.717, 1.165) is 17.4 Å². The molecule has 0 aliphatic carbocycles. The van der Waals surface area contributed by atoms with Crippen LogP contribution in [0, 0.1) is 0 Å². The molecule has 156 valence electrons. The molecule has 2 amide bonds. The Hall–Kier alpha value is -2.97. The minimum atomic E-state index is -3.38. The molecule has 2 aromatic carbocycles. The van der Waals surface area contributed by atoms with Gasteiger partial charge in [0.25, 0.3) is 5.91 Å². The highest BCUT2D eigenvalue weighted by Crippen LogP contribution is 2.29. The van der Waals surface area contributed by atoms with E-state index in [2.05, 4.69) is 10.0 Å². The standard InChI is InChI=1S/C22H23N3O4S/c1-30(28,29)24-17-11-12-25-20(14-17)21(26)23-19-10-9-16(13-18(19)22(25)27)8-7-15-5-3-2-4-6-15/h2-10,13,17,20,24H,11-12,14H2,1H3,(H,23,26). The summed E-state index contributed by atoms with van der Waals surface area (Å²) in [5.41, 5.74) is 2.82. The summed E-state index contributed by atoms with van der Waals surface area (Å²) in [5, 5.41) is 2.83. The Morgan fingerprint density at radius 3 is 2.53 bits per heavy atom. The second-order valence-electron chi connectivity index (χ2n) is 7.66. The van der Waals surface area contributed by atoms with Gasteiger partial charge in [0.05, 0.1) is 17.5 Å². The van der Waals surface area contributed by atoms with Gasteiger partial charge in [0.15, 0.2) is 0 Å². The second kappa shape index (κ2) is 8.04. The van der Waals surface area contributed by atoms with Crippen LogP contribution in [0.2, 0.25) is 0 Å². The number of carbonyl (C=O) groups is 2. The van der Waals surface area contributed by atoms with Crippen molar-refractivity contribution in [1.29, 1.82) is 0 Å². The van der Waals surface area contributed by atoms with Gasteiger partial charge in [-0.3, -0.25) is 9.59 Å². The Kier molecular flexibility index (Phi) is 5.44. The molecule has 2 N–H and O–H groups in total. The zero-order valence-electron chi connectivity index (χ0n) is 16.5. The molecule has 4 rings (SSSR count). The molecule has 2 atom stereocenters. The smallest absolute Gasteiger partial charge is 0.256 e. The molecule has 0 saturated carbocycles. The Morgan fingerprint density at radius 1 is 1.07 bits per heavy atom. The van der Waals surface area contributed by atoms with Gasteiger partial charge in [0, 0.05) is 12.6 Å². The van der Waals surface area contributed by atoms with E-state index in [1.54, 1.807) is 17.0 Å². The first-order valence-corrected chi connectivity index (χ1v) is 11.7. The summed E-state index contributed by atoms with van der Waals surface area (Å²) < 4.78 is 25.7. The van der Waals surface area contributed by atoms with E-state index >= 15 is 0 Å². The van der Waals surface area contributed by atoms with Crippen LogP contribution < -0.4 is 10.0 Å². The lowest BCUT2D eigenvalue weighted by Crippen LogP contribution is -2.54. The Balaban J connectivity index is 1.59. The van der Waals surface area contributed by atoms with Crippen LogP contribution >= 0.6 is 0 Å². The molecule has 30 heavy (non-hydrogen) atoms. The number of fused-ring (bicyclic) bond motifs is 2. The van der Waals surface area contributed by atoms with E-state index in [1.807, 2.05) is 48.6 Å². The third-order valence-corrected chi connectivity index (χ3v) is 6.11. The predicted molar refractivity (Wildman–Crippen MR) is 116 cm³/mol. The van der Waals surface area contributed by atoms with Gasteiger partial charge in [-0.15, -0.1) is 0 Å². The summed E-state index contributed by atoms with van der Waals surface area (Å²) in [4.78, 5) is 27.5. The highest BCUT2D eigenvalue weighted by Gasteiger charge is 2.40. The number of piperidine rings is 1. The average molecular weight is 426 g/mol. The summed E-state index contributed by atoms with van der Waals surface area (Å²) in [6, 6.07) is 14.1. The average Bonchev–Trinajstić information content (AvgIpc) is 2.81. The van der Waals surface area contributed by atoms with Crippen LogP contribution in [-0.2, 0) is 14.8 Å². The van der Waals surface area contributed by atoms with Gasteiger partial charge in [-0.05, 0) is 36.1 Å². The van der Waals surface area contributed by atoms with E-state index in [4.69, 9.17) is 0 Å².